The summed E-state index contributed by atoms with van der Waals surface area (Å²) < 4.78 is 5.31. The molecule has 0 saturated carbocycles. The molecule has 0 atom stereocenters. The van der Waals surface area contributed by atoms with Gasteiger partial charge in [0.1, 0.15) is 12.0 Å². The minimum Gasteiger partial charge on any atom is -0.467 e. The van der Waals surface area contributed by atoms with Crippen LogP contribution in [0.15, 0.2) is 10.7 Å². The van der Waals surface area contributed by atoms with E-state index in [4.69, 9.17) is 16.0 Å². The average Bonchev–Trinajstić information content (AvgIpc) is 2.36. The molecule has 1 aromatic heterocycles. The number of hydrogen-bond donors (Lipinski definition) is 0. The van der Waals surface area contributed by atoms with E-state index in [1.165, 1.54) is 19.3 Å². The Hall–Kier alpha value is -0.430. The summed E-state index contributed by atoms with van der Waals surface area (Å²) in [6.45, 7) is 4.20. The predicted octanol–water partition coefficient (Wildman–Crippen LogP) is 3.97. The van der Waals surface area contributed by atoms with Crippen LogP contribution in [-0.4, -0.2) is 0 Å². The van der Waals surface area contributed by atoms with Crippen LogP contribution in [0.1, 0.15) is 37.5 Å². The molecule has 1 aromatic rings. The first-order valence-corrected chi connectivity index (χ1v) is 4.86. The van der Waals surface area contributed by atoms with Crippen molar-refractivity contribution in [3.05, 3.63) is 22.6 Å². The van der Waals surface area contributed by atoms with Crippen molar-refractivity contribution in [2.45, 2.75) is 39.5 Å². The van der Waals surface area contributed by atoms with Crippen LogP contribution in [0, 0.1) is 6.92 Å². The zero-order valence-corrected chi connectivity index (χ0v) is 8.45. The smallest absolute Gasteiger partial charge is 0.110 e. The fourth-order valence-electron chi connectivity index (χ4n) is 1.21. The van der Waals surface area contributed by atoms with Crippen LogP contribution in [0.5, 0.6) is 0 Å². The van der Waals surface area contributed by atoms with E-state index in [9.17, 15) is 0 Å². The van der Waals surface area contributed by atoms with Gasteiger partial charge in [-0.15, -0.1) is 0 Å². The molecule has 0 aliphatic rings. The van der Waals surface area contributed by atoms with Crippen molar-refractivity contribution in [1.29, 1.82) is 0 Å². The van der Waals surface area contributed by atoms with Crippen LogP contribution < -0.4 is 0 Å². The summed E-state index contributed by atoms with van der Waals surface area (Å²) in [5.74, 6) is 1.05. The minimum atomic E-state index is 0.751. The van der Waals surface area contributed by atoms with E-state index in [0.717, 1.165) is 22.8 Å². The van der Waals surface area contributed by atoms with Gasteiger partial charge in [0.05, 0.1) is 5.02 Å². The van der Waals surface area contributed by atoms with Gasteiger partial charge in [-0.1, -0.05) is 31.4 Å². The summed E-state index contributed by atoms with van der Waals surface area (Å²) in [4.78, 5) is 0. The number of furan rings is 1. The van der Waals surface area contributed by atoms with Gasteiger partial charge in [0.15, 0.2) is 0 Å². The molecule has 0 N–H and O–H groups in total. The Labute approximate surface area is 78.7 Å². The molecule has 0 spiro atoms. The van der Waals surface area contributed by atoms with E-state index in [1.807, 2.05) is 6.92 Å². The second kappa shape index (κ2) is 4.56. The molecule has 0 fully saturated rings. The number of hydrogen-bond acceptors (Lipinski definition) is 1. The van der Waals surface area contributed by atoms with Crippen LogP contribution in [0.25, 0.3) is 0 Å². The van der Waals surface area contributed by atoms with Crippen molar-refractivity contribution in [3.8, 4) is 0 Å². The van der Waals surface area contributed by atoms with E-state index >= 15 is 0 Å². The average molecular weight is 187 g/mol. The lowest BCUT2D eigenvalue weighted by molar-refractivity contribution is 0.494. The first kappa shape index (κ1) is 9.66. The highest BCUT2D eigenvalue weighted by Gasteiger charge is 2.06. The lowest BCUT2D eigenvalue weighted by atomic mass is 10.1. The molecule has 12 heavy (non-hydrogen) atoms. The summed E-state index contributed by atoms with van der Waals surface area (Å²) in [5.41, 5.74) is 1.10. The first-order chi connectivity index (χ1) is 5.75. The summed E-state index contributed by atoms with van der Waals surface area (Å²) >= 11 is 5.85. The maximum Gasteiger partial charge on any atom is 0.110 e. The van der Waals surface area contributed by atoms with Crippen LogP contribution in [0.2, 0.25) is 5.02 Å². The highest BCUT2D eigenvalue weighted by Crippen LogP contribution is 2.22. The molecule has 0 bridgehead atoms. The van der Waals surface area contributed by atoms with Crippen LogP contribution in [0.4, 0.5) is 0 Å². The Balaban J connectivity index is 2.46. The number of rotatable bonds is 4. The number of aryl methyl sites for hydroxylation is 1. The van der Waals surface area contributed by atoms with Crippen LogP contribution in [-0.2, 0) is 6.42 Å². The van der Waals surface area contributed by atoms with E-state index in [-0.39, 0.29) is 0 Å². The van der Waals surface area contributed by atoms with Gasteiger partial charge in [0, 0.05) is 12.0 Å². The molecule has 0 saturated heterocycles. The van der Waals surface area contributed by atoms with Crippen molar-refractivity contribution < 1.29 is 4.42 Å². The van der Waals surface area contributed by atoms with Gasteiger partial charge < -0.3 is 4.42 Å². The maximum absolute atomic E-state index is 5.85. The minimum absolute atomic E-state index is 0.751. The topological polar surface area (TPSA) is 13.1 Å². The Morgan fingerprint density at radius 1 is 1.42 bits per heavy atom. The largest absolute Gasteiger partial charge is 0.467 e. The van der Waals surface area contributed by atoms with E-state index in [2.05, 4.69) is 6.92 Å². The summed E-state index contributed by atoms with van der Waals surface area (Å²) in [5, 5.41) is 0.751. The molecule has 1 heterocycles. The highest BCUT2D eigenvalue weighted by atomic mass is 35.5. The molecule has 2 heteroatoms. The van der Waals surface area contributed by atoms with Gasteiger partial charge in [0.25, 0.3) is 0 Å². The second-order valence-corrected chi connectivity index (χ2v) is 3.50. The quantitative estimate of drug-likeness (QED) is 0.649. The summed E-state index contributed by atoms with van der Waals surface area (Å²) in [6.07, 6.45) is 6.34. The van der Waals surface area contributed by atoms with Crippen molar-refractivity contribution >= 4 is 11.6 Å². The molecule has 68 valence electrons. The van der Waals surface area contributed by atoms with E-state index < -0.39 is 0 Å². The third-order valence-electron chi connectivity index (χ3n) is 2.09. The standard InChI is InChI=1S/C10H15ClO/c1-3-4-5-6-10-8(2)9(11)7-12-10/h7H,3-6H2,1-2H3. The highest BCUT2D eigenvalue weighted by molar-refractivity contribution is 6.31. The van der Waals surface area contributed by atoms with E-state index in [1.54, 1.807) is 6.26 Å². The normalized spacial score (nSPS) is 10.6. The van der Waals surface area contributed by atoms with Gasteiger partial charge in [-0.3, -0.25) is 0 Å². The lowest BCUT2D eigenvalue weighted by Crippen LogP contribution is -1.84. The Kier molecular flexibility index (Phi) is 3.67. The molecule has 1 nitrogen and oxygen atoms in total. The molecule has 0 radical (unpaired) electrons. The third kappa shape index (κ3) is 2.28. The Morgan fingerprint density at radius 3 is 2.67 bits per heavy atom. The van der Waals surface area contributed by atoms with Gasteiger partial charge in [0.2, 0.25) is 0 Å². The SMILES string of the molecule is CCCCCc1occ(Cl)c1C. The van der Waals surface area contributed by atoms with Gasteiger partial charge in [-0.05, 0) is 13.3 Å². The fourth-order valence-corrected chi connectivity index (χ4v) is 1.36. The Morgan fingerprint density at radius 2 is 2.17 bits per heavy atom. The molecule has 0 amide bonds. The van der Waals surface area contributed by atoms with Crippen molar-refractivity contribution in [2.24, 2.45) is 0 Å². The van der Waals surface area contributed by atoms with Crippen molar-refractivity contribution in [3.63, 3.8) is 0 Å². The monoisotopic (exact) mass is 186 g/mol. The van der Waals surface area contributed by atoms with Gasteiger partial charge in [-0.2, -0.15) is 0 Å². The zero-order chi connectivity index (χ0) is 8.97. The zero-order valence-electron chi connectivity index (χ0n) is 7.69. The molecule has 0 aliphatic carbocycles. The van der Waals surface area contributed by atoms with Gasteiger partial charge >= 0.3 is 0 Å². The van der Waals surface area contributed by atoms with Gasteiger partial charge in [-0.25, -0.2) is 0 Å². The van der Waals surface area contributed by atoms with Crippen LogP contribution in [0.3, 0.4) is 0 Å². The predicted molar refractivity (Wildman–Crippen MR) is 51.7 cm³/mol. The molecular weight excluding hydrogens is 172 g/mol. The Bertz CT molecular complexity index is 240. The first-order valence-electron chi connectivity index (χ1n) is 4.48. The van der Waals surface area contributed by atoms with Crippen molar-refractivity contribution in [1.82, 2.24) is 0 Å². The molecule has 0 aromatic carbocycles. The van der Waals surface area contributed by atoms with Crippen LogP contribution >= 0.6 is 11.6 Å². The van der Waals surface area contributed by atoms with Crippen molar-refractivity contribution in [2.75, 3.05) is 0 Å². The molecule has 0 aliphatic heterocycles. The maximum atomic E-state index is 5.85. The number of unbranched alkanes of at least 4 members (excludes halogenated alkanes) is 2. The lowest BCUT2D eigenvalue weighted by Gasteiger charge is -1.96. The number of halogens is 1. The summed E-state index contributed by atoms with van der Waals surface area (Å²) in [6, 6.07) is 0. The molecular formula is C10H15ClO. The summed E-state index contributed by atoms with van der Waals surface area (Å²) in [7, 11) is 0. The fraction of sp³-hybridized carbons (Fsp3) is 0.600. The molecule has 1 rings (SSSR count). The molecule has 0 unspecified atom stereocenters. The van der Waals surface area contributed by atoms with E-state index in [0.29, 0.717) is 0 Å². The third-order valence-corrected chi connectivity index (χ3v) is 2.46. The second-order valence-electron chi connectivity index (χ2n) is 3.09.